The van der Waals surface area contributed by atoms with Crippen molar-refractivity contribution in [2.75, 3.05) is 0 Å². The van der Waals surface area contributed by atoms with Crippen LogP contribution in [0.4, 0.5) is 0 Å². The Labute approximate surface area is 79.1 Å². The number of nitrogens with two attached hydrogens (primary N) is 1. The summed E-state index contributed by atoms with van der Waals surface area (Å²) < 4.78 is 0. The highest BCUT2D eigenvalue weighted by atomic mass is 16.1. The Hall–Kier alpha value is -0.570. The number of amides is 1. The maximum Gasteiger partial charge on any atom is 0.220 e. The van der Waals surface area contributed by atoms with Gasteiger partial charge in [-0.05, 0) is 25.2 Å². The molecule has 3 nitrogen and oxygen atoms in total. The van der Waals surface area contributed by atoms with Crippen molar-refractivity contribution in [1.29, 1.82) is 0 Å². The maximum absolute atomic E-state index is 11.4. The smallest absolute Gasteiger partial charge is 0.220 e. The van der Waals surface area contributed by atoms with Crippen molar-refractivity contribution in [3.8, 4) is 0 Å². The lowest BCUT2D eigenvalue weighted by Gasteiger charge is -2.68. The van der Waals surface area contributed by atoms with Crippen molar-refractivity contribution in [2.24, 2.45) is 11.7 Å². The highest BCUT2D eigenvalue weighted by Gasteiger charge is 2.66. The number of hydrogen-bond acceptors (Lipinski definition) is 2. The van der Waals surface area contributed by atoms with Crippen molar-refractivity contribution >= 4 is 5.91 Å². The van der Waals surface area contributed by atoms with E-state index in [0.717, 1.165) is 19.3 Å². The van der Waals surface area contributed by atoms with Crippen LogP contribution in [0.5, 0.6) is 0 Å². The minimum atomic E-state index is 0.0884. The van der Waals surface area contributed by atoms with Gasteiger partial charge in [0.15, 0.2) is 0 Å². The van der Waals surface area contributed by atoms with Gasteiger partial charge in [-0.25, -0.2) is 0 Å². The molecule has 3 N–H and O–H groups in total. The van der Waals surface area contributed by atoms with E-state index in [9.17, 15) is 4.79 Å². The molecule has 0 heterocycles. The molecule has 0 aromatic carbocycles. The summed E-state index contributed by atoms with van der Waals surface area (Å²) >= 11 is 0. The molecule has 3 aliphatic carbocycles. The molecule has 3 aliphatic rings. The predicted molar refractivity (Wildman–Crippen MR) is 51.1 cm³/mol. The number of carbonyl (C=O) groups is 1. The maximum atomic E-state index is 11.4. The first-order chi connectivity index (χ1) is 5.93. The first-order valence-corrected chi connectivity index (χ1v) is 5.03. The molecule has 3 rings (SSSR count). The zero-order chi connectivity index (χ0) is 9.69. The summed E-state index contributed by atoms with van der Waals surface area (Å²) in [5.41, 5.74) is 6.10. The molecule has 2 bridgehead atoms. The summed E-state index contributed by atoms with van der Waals surface area (Å²) in [5, 5.41) is 3.10. The van der Waals surface area contributed by atoms with Crippen LogP contribution in [0.3, 0.4) is 0 Å². The molecule has 0 aromatic heterocycles. The first-order valence-electron chi connectivity index (χ1n) is 5.03. The standard InChI is InChI=1S/C10H18N2O/c1-7(2)3-8(13)12-10-4-9(11,5-10)6-10/h7H,3-6,11H2,1-2H3,(H,12,13). The molecule has 3 fully saturated rings. The van der Waals surface area contributed by atoms with Gasteiger partial charge in [0.05, 0.1) is 0 Å². The Morgan fingerprint density at radius 2 is 2.00 bits per heavy atom. The molecule has 0 saturated heterocycles. The lowest BCUT2D eigenvalue weighted by atomic mass is 9.44. The highest BCUT2D eigenvalue weighted by molar-refractivity contribution is 5.77. The molecule has 13 heavy (non-hydrogen) atoms. The Morgan fingerprint density at radius 3 is 2.38 bits per heavy atom. The van der Waals surface area contributed by atoms with Crippen LogP contribution in [0.2, 0.25) is 0 Å². The summed E-state index contributed by atoms with van der Waals surface area (Å²) in [6, 6.07) is 0. The summed E-state index contributed by atoms with van der Waals surface area (Å²) in [6.45, 7) is 4.12. The Bertz CT molecular complexity index is 228. The summed E-state index contributed by atoms with van der Waals surface area (Å²) in [5.74, 6) is 0.635. The average molecular weight is 182 g/mol. The van der Waals surface area contributed by atoms with E-state index in [1.807, 2.05) is 0 Å². The molecule has 0 radical (unpaired) electrons. The van der Waals surface area contributed by atoms with Crippen LogP contribution < -0.4 is 11.1 Å². The highest BCUT2D eigenvalue weighted by Crippen LogP contribution is 2.58. The fourth-order valence-corrected chi connectivity index (χ4v) is 2.72. The van der Waals surface area contributed by atoms with E-state index in [4.69, 9.17) is 5.73 Å². The fourth-order valence-electron chi connectivity index (χ4n) is 2.72. The average Bonchev–Trinajstić information content (AvgIpc) is 1.79. The van der Waals surface area contributed by atoms with Crippen molar-refractivity contribution in [1.82, 2.24) is 5.32 Å². The van der Waals surface area contributed by atoms with Gasteiger partial charge in [0.1, 0.15) is 0 Å². The second kappa shape index (κ2) is 2.47. The SMILES string of the molecule is CC(C)CC(=O)NC12CC(N)(C1)C2. The lowest BCUT2D eigenvalue weighted by Crippen LogP contribution is -2.82. The Balaban J connectivity index is 1.77. The lowest BCUT2D eigenvalue weighted by molar-refractivity contribution is -0.136. The van der Waals surface area contributed by atoms with Gasteiger partial charge in [0.2, 0.25) is 5.91 Å². The van der Waals surface area contributed by atoms with Crippen LogP contribution in [-0.2, 0) is 4.79 Å². The quantitative estimate of drug-likeness (QED) is 0.677. The van der Waals surface area contributed by atoms with E-state index in [0.29, 0.717) is 12.3 Å². The number of nitrogens with one attached hydrogen (secondary N) is 1. The van der Waals surface area contributed by atoms with Gasteiger partial charge in [-0.2, -0.15) is 0 Å². The molecular weight excluding hydrogens is 164 g/mol. The monoisotopic (exact) mass is 182 g/mol. The molecule has 0 aromatic rings. The van der Waals surface area contributed by atoms with E-state index in [2.05, 4.69) is 19.2 Å². The molecule has 74 valence electrons. The second-order valence-corrected chi connectivity index (χ2v) is 5.32. The summed E-state index contributed by atoms with van der Waals surface area (Å²) in [7, 11) is 0. The van der Waals surface area contributed by atoms with Crippen molar-refractivity contribution in [3.05, 3.63) is 0 Å². The van der Waals surface area contributed by atoms with Crippen LogP contribution in [0.1, 0.15) is 39.5 Å². The molecule has 0 atom stereocenters. The van der Waals surface area contributed by atoms with Gasteiger partial charge in [-0.15, -0.1) is 0 Å². The van der Waals surface area contributed by atoms with Crippen molar-refractivity contribution in [2.45, 2.75) is 50.6 Å². The van der Waals surface area contributed by atoms with Gasteiger partial charge in [-0.1, -0.05) is 13.8 Å². The molecule has 1 amide bonds. The van der Waals surface area contributed by atoms with E-state index < -0.39 is 0 Å². The first kappa shape index (κ1) is 9.00. The van der Waals surface area contributed by atoms with E-state index in [-0.39, 0.29) is 17.0 Å². The largest absolute Gasteiger partial charge is 0.350 e. The minimum Gasteiger partial charge on any atom is -0.350 e. The van der Waals surface area contributed by atoms with E-state index in [1.165, 1.54) is 0 Å². The zero-order valence-corrected chi connectivity index (χ0v) is 8.39. The zero-order valence-electron chi connectivity index (χ0n) is 8.39. The Kier molecular flexibility index (Phi) is 1.71. The molecule has 0 aliphatic heterocycles. The number of carbonyl (C=O) groups excluding carboxylic acids is 1. The van der Waals surface area contributed by atoms with Crippen LogP contribution in [0.25, 0.3) is 0 Å². The fraction of sp³-hybridized carbons (Fsp3) is 0.900. The predicted octanol–water partition coefficient (Wildman–Crippen LogP) is 0.783. The van der Waals surface area contributed by atoms with Crippen molar-refractivity contribution in [3.63, 3.8) is 0 Å². The number of hydrogen-bond donors (Lipinski definition) is 2. The van der Waals surface area contributed by atoms with Gasteiger partial charge in [0.25, 0.3) is 0 Å². The third-order valence-electron chi connectivity index (χ3n) is 3.07. The van der Waals surface area contributed by atoms with E-state index >= 15 is 0 Å². The third kappa shape index (κ3) is 1.46. The van der Waals surface area contributed by atoms with Gasteiger partial charge in [0, 0.05) is 17.5 Å². The second-order valence-electron chi connectivity index (χ2n) is 5.32. The third-order valence-corrected chi connectivity index (χ3v) is 3.07. The molecule has 0 unspecified atom stereocenters. The normalized spacial score (nSPS) is 40.9. The summed E-state index contributed by atoms with van der Waals surface area (Å²) in [4.78, 5) is 11.4. The minimum absolute atomic E-state index is 0.0884. The van der Waals surface area contributed by atoms with Gasteiger partial charge in [-0.3, -0.25) is 4.79 Å². The van der Waals surface area contributed by atoms with Crippen LogP contribution in [-0.4, -0.2) is 17.0 Å². The van der Waals surface area contributed by atoms with Crippen LogP contribution in [0, 0.1) is 5.92 Å². The van der Waals surface area contributed by atoms with Crippen LogP contribution in [0.15, 0.2) is 0 Å². The van der Waals surface area contributed by atoms with Gasteiger partial charge >= 0.3 is 0 Å². The molecule has 3 heteroatoms. The number of rotatable bonds is 3. The Morgan fingerprint density at radius 1 is 1.46 bits per heavy atom. The van der Waals surface area contributed by atoms with Crippen molar-refractivity contribution < 1.29 is 4.79 Å². The van der Waals surface area contributed by atoms with E-state index in [1.54, 1.807) is 0 Å². The van der Waals surface area contributed by atoms with Crippen LogP contribution >= 0.6 is 0 Å². The topological polar surface area (TPSA) is 55.1 Å². The molecular formula is C10H18N2O. The van der Waals surface area contributed by atoms with Gasteiger partial charge < -0.3 is 11.1 Å². The molecule has 3 saturated carbocycles. The molecule has 0 spiro atoms. The summed E-state index contributed by atoms with van der Waals surface area (Å²) in [6.07, 6.45) is 3.61.